The summed E-state index contributed by atoms with van der Waals surface area (Å²) < 4.78 is 5.90. The fraction of sp³-hybridized carbons (Fsp3) is 0.389. The van der Waals surface area contributed by atoms with Gasteiger partial charge in [-0.05, 0) is 43.2 Å². The van der Waals surface area contributed by atoms with Crippen molar-refractivity contribution in [1.29, 1.82) is 0 Å². The Hall–Kier alpha value is -1.87. The molecule has 1 aromatic carbocycles. The SMILES string of the molecule is Cc1cccc(OCc2cccc(CNC(C)C)n2)c1C. The third-order valence-corrected chi connectivity index (χ3v) is 3.49. The topological polar surface area (TPSA) is 34.1 Å². The summed E-state index contributed by atoms with van der Waals surface area (Å²) in [6.45, 7) is 9.73. The standard InChI is InChI=1S/C18H24N2O/c1-13(2)19-11-16-8-6-9-17(20-16)12-21-18-10-5-7-14(3)15(18)4/h5-10,13,19H,11-12H2,1-4H3. The maximum absolute atomic E-state index is 5.90. The highest BCUT2D eigenvalue weighted by molar-refractivity contribution is 5.38. The highest BCUT2D eigenvalue weighted by atomic mass is 16.5. The van der Waals surface area contributed by atoms with Gasteiger partial charge in [-0.2, -0.15) is 0 Å². The van der Waals surface area contributed by atoms with E-state index in [-0.39, 0.29) is 0 Å². The second kappa shape index (κ2) is 7.23. The largest absolute Gasteiger partial charge is 0.487 e. The van der Waals surface area contributed by atoms with Crippen molar-refractivity contribution in [3.05, 3.63) is 58.9 Å². The van der Waals surface area contributed by atoms with Crippen molar-refractivity contribution in [2.24, 2.45) is 0 Å². The van der Waals surface area contributed by atoms with Gasteiger partial charge in [0.25, 0.3) is 0 Å². The summed E-state index contributed by atoms with van der Waals surface area (Å²) in [5.74, 6) is 0.933. The van der Waals surface area contributed by atoms with E-state index in [2.05, 4.69) is 44.1 Å². The maximum Gasteiger partial charge on any atom is 0.130 e. The van der Waals surface area contributed by atoms with E-state index in [0.29, 0.717) is 12.6 Å². The number of nitrogens with zero attached hydrogens (tertiary/aromatic N) is 1. The Morgan fingerprint density at radius 3 is 2.52 bits per heavy atom. The molecule has 0 spiro atoms. The van der Waals surface area contributed by atoms with Crippen LogP contribution in [0.15, 0.2) is 36.4 Å². The molecule has 0 bridgehead atoms. The van der Waals surface area contributed by atoms with Crippen LogP contribution in [0.25, 0.3) is 0 Å². The van der Waals surface area contributed by atoms with Crippen molar-refractivity contribution in [3.63, 3.8) is 0 Å². The summed E-state index contributed by atoms with van der Waals surface area (Å²) in [5, 5.41) is 3.38. The molecule has 112 valence electrons. The minimum Gasteiger partial charge on any atom is -0.487 e. The molecule has 0 saturated heterocycles. The second-order valence-corrected chi connectivity index (χ2v) is 5.64. The van der Waals surface area contributed by atoms with E-state index in [4.69, 9.17) is 4.74 Å². The van der Waals surface area contributed by atoms with Crippen LogP contribution in [0.4, 0.5) is 0 Å². The Morgan fingerprint density at radius 2 is 1.76 bits per heavy atom. The molecular weight excluding hydrogens is 260 g/mol. The van der Waals surface area contributed by atoms with E-state index in [9.17, 15) is 0 Å². The third-order valence-electron chi connectivity index (χ3n) is 3.49. The fourth-order valence-corrected chi connectivity index (χ4v) is 2.05. The monoisotopic (exact) mass is 284 g/mol. The molecule has 1 aromatic heterocycles. The number of aryl methyl sites for hydroxylation is 1. The first-order valence-corrected chi connectivity index (χ1v) is 7.43. The van der Waals surface area contributed by atoms with Gasteiger partial charge in [-0.15, -0.1) is 0 Å². The molecule has 0 radical (unpaired) electrons. The summed E-state index contributed by atoms with van der Waals surface area (Å²) >= 11 is 0. The van der Waals surface area contributed by atoms with Crippen molar-refractivity contribution in [1.82, 2.24) is 10.3 Å². The average molecular weight is 284 g/mol. The lowest BCUT2D eigenvalue weighted by Crippen LogP contribution is -2.22. The third kappa shape index (κ3) is 4.57. The second-order valence-electron chi connectivity index (χ2n) is 5.64. The van der Waals surface area contributed by atoms with Crippen LogP contribution in [0.3, 0.4) is 0 Å². The predicted molar refractivity (Wildman–Crippen MR) is 86.5 cm³/mol. The van der Waals surface area contributed by atoms with Crippen LogP contribution in [0, 0.1) is 13.8 Å². The van der Waals surface area contributed by atoms with Crippen LogP contribution < -0.4 is 10.1 Å². The first kappa shape index (κ1) is 15.5. The Morgan fingerprint density at radius 1 is 1.05 bits per heavy atom. The van der Waals surface area contributed by atoms with Crippen LogP contribution in [0.5, 0.6) is 5.75 Å². The first-order chi connectivity index (χ1) is 10.1. The van der Waals surface area contributed by atoms with E-state index < -0.39 is 0 Å². The van der Waals surface area contributed by atoms with Gasteiger partial charge < -0.3 is 10.1 Å². The number of nitrogens with one attached hydrogen (secondary N) is 1. The lowest BCUT2D eigenvalue weighted by atomic mass is 10.1. The Bertz CT molecular complexity index is 594. The number of hydrogen-bond acceptors (Lipinski definition) is 3. The van der Waals surface area contributed by atoms with Gasteiger partial charge in [0.05, 0.1) is 11.4 Å². The molecule has 0 amide bonds. The van der Waals surface area contributed by atoms with Gasteiger partial charge in [0.1, 0.15) is 12.4 Å². The molecule has 0 atom stereocenters. The zero-order valence-electron chi connectivity index (χ0n) is 13.3. The molecule has 1 heterocycles. The minimum atomic E-state index is 0.460. The van der Waals surface area contributed by atoms with Crippen molar-refractivity contribution in [3.8, 4) is 5.75 Å². The summed E-state index contributed by atoms with van der Waals surface area (Å²) in [5.41, 5.74) is 4.44. The van der Waals surface area contributed by atoms with Crippen LogP contribution in [-0.2, 0) is 13.2 Å². The van der Waals surface area contributed by atoms with Crippen LogP contribution in [-0.4, -0.2) is 11.0 Å². The zero-order valence-corrected chi connectivity index (χ0v) is 13.3. The predicted octanol–water partition coefficient (Wildman–Crippen LogP) is 3.78. The van der Waals surface area contributed by atoms with E-state index in [1.54, 1.807) is 0 Å². The van der Waals surface area contributed by atoms with Crippen molar-refractivity contribution < 1.29 is 4.74 Å². The van der Waals surface area contributed by atoms with E-state index in [1.165, 1.54) is 11.1 Å². The van der Waals surface area contributed by atoms with Crippen LogP contribution in [0.2, 0.25) is 0 Å². The van der Waals surface area contributed by atoms with Gasteiger partial charge in [0, 0.05) is 12.6 Å². The fourth-order valence-electron chi connectivity index (χ4n) is 2.05. The molecule has 0 unspecified atom stereocenters. The lowest BCUT2D eigenvalue weighted by molar-refractivity contribution is 0.298. The number of benzene rings is 1. The molecule has 1 N–H and O–H groups in total. The number of ether oxygens (including phenoxy) is 1. The van der Waals surface area contributed by atoms with Crippen molar-refractivity contribution >= 4 is 0 Å². The molecule has 0 aliphatic rings. The highest BCUT2D eigenvalue weighted by Gasteiger charge is 2.04. The minimum absolute atomic E-state index is 0.460. The number of aromatic nitrogens is 1. The smallest absolute Gasteiger partial charge is 0.130 e. The quantitative estimate of drug-likeness (QED) is 0.876. The summed E-state index contributed by atoms with van der Waals surface area (Å²) in [6.07, 6.45) is 0. The number of rotatable bonds is 6. The Balaban J connectivity index is 2.00. The average Bonchev–Trinajstić information content (AvgIpc) is 2.47. The molecule has 0 aliphatic carbocycles. The zero-order chi connectivity index (χ0) is 15.2. The molecule has 0 aliphatic heterocycles. The van der Waals surface area contributed by atoms with E-state index in [1.807, 2.05) is 30.3 Å². The van der Waals surface area contributed by atoms with Crippen LogP contribution >= 0.6 is 0 Å². The van der Waals surface area contributed by atoms with Gasteiger partial charge in [0.15, 0.2) is 0 Å². The summed E-state index contributed by atoms with van der Waals surface area (Å²) in [4.78, 5) is 4.62. The highest BCUT2D eigenvalue weighted by Crippen LogP contribution is 2.21. The normalized spacial score (nSPS) is 10.9. The molecule has 0 saturated carbocycles. The van der Waals surface area contributed by atoms with E-state index in [0.717, 1.165) is 23.7 Å². The maximum atomic E-state index is 5.90. The molecule has 2 rings (SSSR count). The lowest BCUT2D eigenvalue weighted by Gasteiger charge is -2.12. The molecular formula is C18H24N2O. The molecule has 2 aromatic rings. The molecule has 3 heteroatoms. The van der Waals surface area contributed by atoms with Crippen molar-refractivity contribution in [2.75, 3.05) is 0 Å². The summed E-state index contributed by atoms with van der Waals surface area (Å²) in [6, 6.07) is 12.7. The van der Waals surface area contributed by atoms with Gasteiger partial charge in [0.2, 0.25) is 0 Å². The van der Waals surface area contributed by atoms with Gasteiger partial charge in [-0.1, -0.05) is 32.0 Å². The van der Waals surface area contributed by atoms with Gasteiger partial charge in [-0.25, -0.2) is 0 Å². The van der Waals surface area contributed by atoms with Crippen LogP contribution in [0.1, 0.15) is 36.4 Å². The number of hydrogen-bond donors (Lipinski definition) is 1. The Kier molecular flexibility index (Phi) is 5.34. The number of pyridine rings is 1. The van der Waals surface area contributed by atoms with E-state index >= 15 is 0 Å². The molecule has 0 fully saturated rings. The summed E-state index contributed by atoms with van der Waals surface area (Å²) in [7, 11) is 0. The Labute approximate surface area is 127 Å². The first-order valence-electron chi connectivity index (χ1n) is 7.43. The molecule has 3 nitrogen and oxygen atoms in total. The van der Waals surface area contributed by atoms with Gasteiger partial charge >= 0.3 is 0 Å². The van der Waals surface area contributed by atoms with Gasteiger partial charge in [-0.3, -0.25) is 4.98 Å². The molecule has 21 heavy (non-hydrogen) atoms. The van der Waals surface area contributed by atoms with Crippen molar-refractivity contribution in [2.45, 2.75) is 46.9 Å².